The zero-order valence-electron chi connectivity index (χ0n) is 12.7. The third-order valence-electron chi connectivity index (χ3n) is 2.97. The van der Waals surface area contributed by atoms with Gasteiger partial charge in [0, 0.05) is 6.08 Å². The fourth-order valence-electron chi connectivity index (χ4n) is 1.80. The van der Waals surface area contributed by atoms with Crippen molar-refractivity contribution in [3.05, 3.63) is 70.0 Å². The minimum Gasteiger partial charge on any atom is -0.488 e. The zero-order chi connectivity index (χ0) is 17.4. The van der Waals surface area contributed by atoms with Crippen LogP contribution in [0.4, 0.5) is 4.39 Å². The predicted molar refractivity (Wildman–Crippen MR) is 93.7 cm³/mol. The van der Waals surface area contributed by atoms with Gasteiger partial charge in [0.25, 0.3) is 0 Å². The van der Waals surface area contributed by atoms with Gasteiger partial charge in [0.05, 0.1) is 4.47 Å². The van der Waals surface area contributed by atoms with Crippen LogP contribution in [0.2, 0.25) is 0 Å². The van der Waals surface area contributed by atoms with Crippen LogP contribution in [0.5, 0.6) is 5.75 Å². The second-order valence-electron chi connectivity index (χ2n) is 4.75. The molecule has 122 valence electrons. The van der Waals surface area contributed by atoms with E-state index >= 15 is 0 Å². The van der Waals surface area contributed by atoms with Gasteiger partial charge in [0.1, 0.15) is 18.2 Å². The Hall–Kier alpha value is -2.58. The van der Waals surface area contributed by atoms with Gasteiger partial charge < -0.3 is 9.47 Å². The lowest BCUT2D eigenvalue weighted by Gasteiger charge is -2.09. The predicted octanol–water partition coefficient (Wildman–Crippen LogP) is 4.36. The number of esters is 1. The van der Waals surface area contributed by atoms with Crippen molar-refractivity contribution in [1.29, 1.82) is 0 Å². The van der Waals surface area contributed by atoms with Crippen LogP contribution in [0.3, 0.4) is 0 Å². The van der Waals surface area contributed by atoms with Crippen LogP contribution in [-0.2, 0) is 16.1 Å². The number of ether oxygens (including phenoxy) is 2. The highest BCUT2D eigenvalue weighted by Gasteiger charge is 2.03. The summed E-state index contributed by atoms with van der Waals surface area (Å²) in [7, 11) is 0. The molecule has 0 radical (unpaired) electrons. The molecule has 2 aromatic carbocycles. The van der Waals surface area contributed by atoms with E-state index in [0.717, 1.165) is 15.6 Å². The van der Waals surface area contributed by atoms with Crippen molar-refractivity contribution in [2.45, 2.75) is 6.61 Å². The molecule has 0 aliphatic carbocycles. The van der Waals surface area contributed by atoms with E-state index in [4.69, 9.17) is 15.9 Å². The van der Waals surface area contributed by atoms with Crippen LogP contribution < -0.4 is 4.74 Å². The van der Waals surface area contributed by atoms with Gasteiger partial charge in [0.15, 0.2) is 6.61 Å². The molecule has 0 saturated carbocycles. The van der Waals surface area contributed by atoms with Crippen molar-refractivity contribution in [3.63, 3.8) is 0 Å². The van der Waals surface area contributed by atoms with Crippen LogP contribution in [-0.4, -0.2) is 12.6 Å². The fraction of sp³-hybridized carbons (Fsp3) is 0.105. The number of hydrogen-bond acceptors (Lipinski definition) is 3. The highest BCUT2D eigenvalue weighted by atomic mass is 79.9. The Morgan fingerprint density at radius 3 is 2.67 bits per heavy atom. The van der Waals surface area contributed by atoms with Gasteiger partial charge in [-0.05, 0) is 57.4 Å². The van der Waals surface area contributed by atoms with E-state index in [2.05, 4.69) is 21.9 Å². The van der Waals surface area contributed by atoms with Gasteiger partial charge in [-0.2, -0.15) is 0 Å². The molecular formula is C19H14BrFO3. The molecule has 0 saturated heterocycles. The quantitative estimate of drug-likeness (QED) is 0.419. The van der Waals surface area contributed by atoms with Crippen molar-refractivity contribution in [1.82, 2.24) is 0 Å². The maximum absolute atomic E-state index is 12.9. The highest BCUT2D eigenvalue weighted by molar-refractivity contribution is 9.10. The monoisotopic (exact) mass is 388 g/mol. The SMILES string of the molecule is C#CCOC(=O)/C=C/c1ccc(OCc2ccc(F)cc2)c(Br)c1. The topological polar surface area (TPSA) is 35.5 Å². The van der Waals surface area contributed by atoms with E-state index in [1.54, 1.807) is 30.3 Å². The molecule has 0 aliphatic rings. The molecule has 0 spiro atoms. The smallest absolute Gasteiger partial charge is 0.331 e. The molecule has 0 heterocycles. The van der Waals surface area contributed by atoms with Crippen molar-refractivity contribution >= 4 is 28.0 Å². The van der Waals surface area contributed by atoms with Crippen LogP contribution in [0.1, 0.15) is 11.1 Å². The minimum absolute atomic E-state index is 0.0525. The highest BCUT2D eigenvalue weighted by Crippen LogP contribution is 2.27. The molecule has 3 nitrogen and oxygen atoms in total. The first kappa shape index (κ1) is 17.8. The van der Waals surface area contributed by atoms with E-state index < -0.39 is 5.97 Å². The van der Waals surface area contributed by atoms with Gasteiger partial charge in [-0.15, -0.1) is 6.42 Å². The summed E-state index contributed by atoms with van der Waals surface area (Å²) in [4.78, 5) is 11.3. The molecule has 24 heavy (non-hydrogen) atoms. The minimum atomic E-state index is -0.499. The number of hydrogen-bond donors (Lipinski definition) is 0. The van der Waals surface area contributed by atoms with E-state index in [0.29, 0.717) is 12.4 Å². The number of terminal acetylenes is 1. The Labute approximate surface area is 148 Å². The molecule has 0 amide bonds. The third-order valence-corrected chi connectivity index (χ3v) is 3.59. The standard InChI is InChI=1S/C19H14BrFO3/c1-2-11-23-19(22)10-6-14-5-9-18(17(20)12-14)24-13-15-3-7-16(21)8-4-15/h1,3-10,12H,11,13H2/b10-6+. The molecule has 2 aromatic rings. The summed E-state index contributed by atoms with van der Waals surface area (Å²) >= 11 is 3.42. The summed E-state index contributed by atoms with van der Waals surface area (Å²) in [5, 5.41) is 0. The Kier molecular flexibility index (Phi) is 6.59. The van der Waals surface area contributed by atoms with Gasteiger partial charge in [-0.1, -0.05) is 24.1 Å². The first-order valence-corrected chi connectivity index (χ1v) is 7.83. The van der Waals surface area contributed by atoms with Crippen molar-refractivity contribution in [2.75, 3.05) is 6.61 Å². The number of carbonyl (C=O) groups excluding carboxylic acids is 1. The van der Waals surface area contributed by atoms with Crippen LogP contribution in [0, 0.1) is 18.2 Å². The third kappa shape index (κ3) is 5.56. The number of carbonyl (C=O) groups is 1. The molecule has 0 bridgehead atoms. The molecule has 0 aromatic heterocycles. The van der Waals surface area contributed by atoms with Gasteiger partial charge in [0.2, 0.25) is 0 Å². The molecule has 2 rings (SSSR count). The van der Waals surface area contributed by atoms with E-state index in [-0.39, 0.29) is 12.4 Å². The number of rotatable bonds is 6. The maximum Gasteiger partial charge on any atom is 0.331 e. The second kappa shape index (κ2) is 8.90. The summed E-state index contributed by atoms with van der Waals surface area (Å²) in [5.41, 5.74) is 1.66. The first-order chi connectivity index (χ1) is 11.6. The van der Waals surface area contributed by atoms with Gasteiger partial charge >= 0.3 is 5.97 Å². The summed E-state index contributed by atoms with van der Waals surface area (Å²) in [6, 6.07) is 11.5. The van der Waals surface area contributed by atoms with Crippen molar-refractivity contribution in [2.24, 2.45) is 0 Å². The van der Waals surface area contributed by atoms with Crippen molar-refractivity contribution in [3.8, 4) is 18.1 Å². The molecule has 0 aliphatic heterocycles. The van der Waals surface area contributed by atoms with Crippen LogP contribution in [0.25, 0.3) is 6.08 Å². The summed E-state index contributed by atoms with van der Waals surface area (Å²) in [6.45, 7) is 0.273. The Bertz CT molecular complexity index is 776. The normalized spacial score (nSPS) is 10.4. The molecular weight excluding hydrogens is 375 g/mol. The largest absolute Gasteiger partial charge is 0.488 e. The lowest BCUT2D eigenvalue weighted by Crippen LogP contribution is -1.99. The number of halogens is 2. The molecule has 0 atom stereocenters. The zero-order valence-corrected chi connectivity index (χ0v) is 14.3. The van der Waals surface area contributed by atoms with Gasteiger partial charge in [-0.25, -0.2) is 9.18 Å². The Morgan fingerprint density at radius 1 is 1.25 bits per heavy atom. The Balaban J connectivity index is 1.96. The Morgan fingerprint density at radius 2 is 2.00 bits per heavy atom. The molecule has 0 unspecified atom stereocenters. The van der Waals surface area contributed by atoms with Crippen LogP contribution >= 0.6 is 15.9 Å². The van der Waals surface area contributed by atoms with E-state index in [1.807, 2.05) is 6.07 Å². The van der Waals surface area contributed by atoms with E-state index in [1.165, 1.54) is 18.2 Å². The van der Waals surface area contributed by atoms with Gasteiger partial charge in [-0.3, -0.25) is 0 Å². The fourth-order valence-corrected chi connectivity index (χ4v) is 2.32. The maximum atomic E-state index is 12.9. The average Bonchev–Trinajstić information content (AvgIpc) is 2.58. The van der Waals surface area contributed by atoms with E-state index in [9.17, 15) is 9.18 Å². The van der Waals surface area contributed by atoms with Crippen molar-refractivity contribution < 1.29 is 18.7 Å². The summed E-state index contributed by atoms with van der Waals surface area (Å²) < 4.78 is 24.0. The molecule has 0 N–H and O–H groups in total. The lowest BCUT2D eigenvalue weighted by molar-refractivity contribution is -0.136. The summed E-state index contributed by atoms with van der Waals surface area (Å²) in [6.07, 6.45) is 7.93. The molecule has 0 fully saturated rings. The lowest BCUT2D eigenvalue weighted by atomic mass is 10.2. The average molecular weight is 389 g/mol. The summed E-state index contributed by atoms with van der Waals surface area (Å²) in [5.74, 6) is 2.09. The first-order valence-electron chi connectivity index (χ1n) is 7.03. The molecule has 5 heteroatoms. The van der Waals surface area contributed by atoms with Crippen LogP contribution in [0.15, 0.2) is 53.0 Å². The second-order valence-corrected chi connectivity index (χ2v) is 5.60. The number of benzene rings is 2.